The SMILES string of the molecule is C=CCNC(=O)c1c(OCc2ccccc2)c(=O)c(C(=O)NCc2ccc(F)cc2F)cn1NC(C)C=C. The molecule has 1 aromatic heterocycles. The molecule has 0 aliphatic carbocycles. The Morgan fingerprint density at radius 3 is 2.47 bits per heavy atom. The van der Waals surface area contributed by atoms with Crippen LogP contribution < -0.4 is 26.2 Å². The minimum Gasteiger partial charge on any atom is -0.482 e. The Labute approximate surface area is 218 Å². The molecule has 1 unspecified atom stereocenters. The molecule has 2 amide bonds. The van der Waals surface area contributed by atoms with Crippen LogP contribution in [0.4, 0.5) is 8.78 Å². The fourth-order valence-corrected chi connectivity index (χ4v) is 3.39. The first-order valence-electron chi connectivity index (χ1n) is 11.7. The van der Waals surface area contributed by atoms with Crippen LogP contribution in [-0.4, -0.2) is 29.1 Å². The average molecular weight is 523 g/mol. The second-order valence-corrected chi connectivity index (χ2v) is 8.26. The monoisotopic (exact) mass is 522 g/mol. The number of pyridine rings is 1. The number of hydrogen-bond donors (Lipinski definition) is 3. The summed E-state index contributed by atoms with van der Waals surface area (Å²) in [5.41, 5.74) is 2.37. The highest BCUT2D eigenvalue weighted by Gasteiger charge is 2.26. The van der Waals surface area contributed by atoms with Gasteiger partial charge in [0, 0.05) is 30.9 Å². The summed E-state index contributed by atoms with van der Waals surface area (Å²) in [5.74, 6) is -3.45. The van der Waals surface area contributed by atoms with E-state index in [4.69, 9.17) is 4.74 Å². The molecule has 0 saturated heterocycles. The van der Waals surface area contributed by atoms with Crippen LogP contribution in [0.1, 0.15) is 38.9 Å². The summed E-state index contributed by atoms with van der Waals surface area (Å²) in [6.07, 6.45) is 4.20. The van der Waals surface area contributed by atoms with E-state index in [1.54, 1.807) is 37.3 Å². The largest absolute Gasteiger partial charge is 0.482 e. The van der Waals surface area contributed by atoms with Gasteiger partial charge in [-0.1, -0.05) is 48.6 Å². The van der Waals surface area contributed by atoms with E-state index in [1.165, 1.54) is 16.8 Å². The van der Waals surface area contributed by atoms with Crippen molar-refractivity contribution in [3.8, 4) is 5.75 Å². The second-order valence-electron chi connectivity index (χ2n) is 8.26. The van der Waals surface area contributed by atoms with Crippen LogP contribution in [0, 0.1) is 11.6 Å². The molecule has 198 valence electrons. The van der Waals surface area contributed by atoms with Crippen LogP contribution in [0.3, 0.4) is 0 Å². The van der Waals surface area contributed by atoms with Gasteiger partial charge in [-0.2, -0.15) is 0 Å². The molecule has 8 nitrogen and oxygen atoms in total. The van der Waals surface area contributed by atoms with Gasteiger partial charge in [0.1, 0.15) is 23.8 Å². The predicted molar refractivity (Wildman–Crippen MR) is 141 cm³/mol. The Morgan fingerprint density at radius 2 is 1.82 bits per heavy atom. The van der Waals surface area contributed by atoms with Crippen LogP contribution in [0.5, 0.6) is 5.75 Å². The van der Waals surface area contributed by atoms with Gasteiger partial charge in [-0.3, -0.25) is 19.1 Å². The maximum absolute atomic E-state index is 14.1. The maximum Gasteiger partial charge on any atom is 0.274 e. The first-order chi connectivity index (χ1) is 18.2. The fourth-order valence-electron chi connectivity index (χ4n) is 3.39. The number of nitrogens with one attached hydrogen (secondary N) is 3. The lowest BCUT2D eigenvalue weighted by Crippen LogP contribution is -2.38. The topological polar surface area (TPSA) is 101 Å². The predicted octanol–water partition coefficient (Wildman–Crippen LogP) is 3.67. The smallest absolute Gasteiger partial charge is 0.274 e. The number of halogens is 2. The van der Waals surface area contributed by atoms with Crippen LogP contribution in [-0.2, 0) is 13.2 Å². The number of carbonyl (C=O) groups excluding carboxylic acids is 2. The molecular formula is C28H28F2N4O4. The van der Waals surface area contributed by atoms with Gasteiger partial charge >= 0.3 is 0 Å². The number of rotatable bonds is 12. The third-order valence-electron chi connectivity index (χ3n) is 5.41. The molecule has 0 aliphatic heterocycles. The highest BCUT2D eigenvalue weighted by atomic mass is 19.1. The van der Waals surface area contributed by atoms with E-state index in [2.05, 4.69) is 29.2 Å². The quantitative estimate of drug-likeness (QED) is 0.315. The van der Waals surface area contributed by atoms with Crippen molar-refractivity contribution in [2.75, 3.05) is 12.0 Å². The van der Waals surface area contributed by atoms with Crippen LogP contribution in [0.25, 0.3) is 0 Å². The average Bonchev–Trinajstić information content (AvgIpc) is 2.91. The Bertz CT molecular complexity index is 1390. The number of hydrogen-bond acceptors (Lipinski definition) is 5. The van der Waals surface area contributed by atoms with Gasteiger partial charge in [-0.05, 0) is 18.6 Å². The van der Waals surface area contributed by atoms with Crippen molar-refractivity contribution in [3.05, 3.63) is 124 Å². The molecule has 3 rings (SSSR count). The van der Waals surface area contributed by atoms with Gasteiger partial charge in [-0.15, -0.1) is 13.2 Å². The lowest BCUT2D eigenvalue weighted by Gasteiger charge is -2.22. The minimum absolute atomic E-state index is 0.0273. The van der Waals surface area contributed by atoms with Crippen LogP contribution in [0.2, 0.25) is 0 Å². The fraction of sp³-hybridized carbons (Fsp3) is 0.179. The summed E-state index contributed by atoms with van der Waals surface area (Å²) in [5, 5.41) is 5.08. The van der Waals surface area contributed by atoms with Crippen molar-refractivity contribution in [1.82, 2.24) is 15.3 Å². The Balaban J connectivity index is 2.06. The lowest BCUT2D eigenvalue weighted by atomic mass is 10.1. The van der Waals surface area contributed by atoms with E-state index < -0.39 is 28.9 Å². The van der Waals surface area contributed by atoms with Crippen molar-refractivity contribution >= 4 is 11.8 Å². The highest BCUT2D eigenvalue weighted by molar-refractivity contribution is 5.98. The molecule has 0 radical (unpaired) electrons. The molecule has 0 aliphatic rings. The van der Waals surface area contributed by atoms with Crippen molar-refractivity contribution in [1.29, 1.82) is 0 Å². The molecule has 1 heterocycles. The first-order valence-corrected chi connectivity index (χ1v) is 11.7. The Hall–Kier alpha value is -4.73. The van der Waals surface area contributed by atoms with Gasteiger partial charge in [0.25, 0.3) is 11.8 Å². The van der Waals surface area contributed by atoms with Crippen LogP contribution in [0.15, 0.2) is 84.8 Å². The van der Waals surface area contributed by atoms with Gasteiger partial charge in [-0.25, -0.2) is 8.78 Å². The zero-order valence-corrected chi connectivity index (χ0v) is 20.8. The molecule has 1 atom stereocenters. The van der Waals surface area contributed by atoms with Gasteiger partial charge in [0.15, 0.2) is 11.4 Å². The molecule has 10 heteroatoms. The number of carbonyl (C=O) groups is 2. The second kappa shape index (κ2) is 13.0. The normalized spacial score (nSPS) is 11.2. The van der Waals surface area contributed by atoms with Crippen molar-refractivity contribution < 1.29 is 23.1 Å². The van der Waals surface area contributed by atoms with Crippen molar-refractivity contribution in [2.24, 2.45) is 0 Å². The van der Waals surface area contributed by atoms with Crippen molar-refractivity contribution in [3.63, 3.8) is 0 Å². The summed E-state index contributed by atoms with van der Waals surface area (Å²) >= 11 is 0. The third-order valence-corrected chi connectivity index (χ3v) is 5.41. The maximum atomic E-state index is 14.1. The molecule has 3 aromatic rings. The third kappa shape index (κ3) is 6.94. The number of benzene rings is 2. The molecule has 0 bridgehead atoms. The summed E-state index contributed by atoms with van der Waals surface area (Å²) in [4.78, 5) is 39.7. The summed E-state index contributed by atoms with van der Waals surface area (Å²) in [6, 6.07) is 11.5. The molecule has 3 N–H and O–H groups in total. The Kier molecular flexibility index (Phi) is 9.53. The Morgan fingerprint density at radius 1 is 1.08 bits per heavy atom. The zero-order chi connectivity index (χ0) is 27.7. The number of amides is 2. The number of aromatic nitrogens is 1. The number of nitrogens with zero attached hydrogens (tertiary/aromatic N) is 1. The van der Waals surface area contributed by atoms with Gasteiger partial charge in [0.2, 0.25) is 5.43 Å². The highest BCUT2D eigenvalue weighted by Crippen LogP contribution is 2.18. The van der Waals surface area contributed by atoms with Gasteiger partial charge in [0.05, 0.1) is 6.04 Å². The minimum atomic E-state index is -0.844. The molecule has 0 saturated carbocycles. The summed E-state index contributed by atoms with van der Waals surface area (Å²) in [7, 11) is 0. The van der Waals surface area contributed by atoms with E-state index in [-0.39, 0.29) is 48.3 Å². The van der Waals surface area contributed by atoms with E-state index in [1.807, 2.05) is 6.07 Å². The standard InChI is InChI=1S/C28H28F2N4O4/c1-4-13-31-28(37)24-26(38-17-19-9-7-6-8-10-19)25(35)22(16-34(24)33-18(3)5-2)27(36)32-15-20-11-12-21(29)14-23(20)30/h4-12,14,16,18,33H,1-2,13,15,17H2,3H3,(H,31,37)(H,32,36). The molecule has 38 heavy (non-hydrogen) atoms. The first kappa shape index (κ1) is 27.9. The zero-order valence-electron chi connectivity index (χ0n) is 20.8. The number of ether oxygens (including phenoxy) is 1. The van der Waals surface area contributed by atoms with E-state index in [0.29, 0.717) is 6.07 Å². The summed E-state index contributed by atoms with van der Waals surface area (Å²) in [6.45, 7) is 8.79. The molecule has 0 spiro atoms. The van der Waals surface area contributed by atoms with E-state index in [9.17, 15) is 23.2 Å². The lowest BCUT2D eigenvalue weighted by molar-refractivity contribution is 0.0928. The molecule has 2 aromatic carbocycles. The molecular weight excluding hydrogens is 494 g/mol. The molecule has 0 fully saturated rings. The van der Waals surface area contributed by atoms with Crippen LogP contribution >= 0.6 is 0 Å². The van der Waals surface area contributed by atoms with Crippen molar-refractivity contribution in [2.45, 2.75) is 26.1 Å². The van der Waals surface area contributed by atoms with E-state index >= 15 is 0 Å². The summed E-state index contributed by atoms with van der Waals surface area (Å²) < 4.78 is 34.3. The van der Waals surface area contributed by atoms with Gasteiger partial charge < -0.3 is 20.8 Å². The van der Waals surface area contributed by atoms with E-state index in [0.717, 1.165) is 17.8 Å².